The number of amides is 1. The molecule has 0 aromatic heterocycles. The van der Waals surface area contributed by atoms with Crippen LogP contribution in [0.1, 0.15) is 22.7 Å². The molecule has 0 bridgehead atoms. The molecular formula is C24H17FN2O4S. The summed E-state index contributed by atoms with van der Waals surface area (Å²) in [5.41, 5.74) is 1.39. The van der Waals surface area contributed by atoms with Crippen molar-refractivity contribution >= 4 is 21.6 Å². The second kappa shape index (κ2) is 7.42. The molecule has 0 saturated carbocycles. The molecule has 1 N–H and O–H groups in total. The van der Waals surface area contributed by atoms with Crippen molar-refractivity contribution in [2.24, 2.45) is 4.40 Å². The first-order valence-electron chi connectivity index (χ1n) is 9.85. The van der Waals surface area contributed by atoms with Gasteiger partial charge in [0.2, 0.25) is 0 Å². The second-order valence-electron chi connectivity index (χ2n) is 7.54. The maximum absolute atomic E-state index is 13.5. The molecule has 0 saturated heterocycles. The van der Waals surface area contributed by atoms with Crippen LogP contribution >= 0.6 is 0 Å². The fourth-order valence-corrected chi connectivity index (χ4v) is 5.31. The Kier molecular flexibility index (Phi) is 4.67. The van der Waals surface area contributed by atoms with Crippen LogP contribution in [0.25, 0.3) is 0 Å². The molecule has 2 aliphatic rings. The van der Waals surface area contributed by atoms with Gasteiger partial charge < -0.3 is 10.0 Å². The zero-order chi connectivity index (χ0) is 22.5. The zero-order valence-electron chi connectivity index (χ0n) is 16.6. The third-order valence-electron chi connectivity index (χ3n) is 5.55. The van der Waals surface area contributed by atoms with E-state index in [1.54, 1.807) is 54.6 Å². The standard InChI is InChI=1S/C24H17FN2O4S/c25-17-12-10-15(11-13-17)14-27-22(16-6-2-1-3-7-16)23(28)20(24(27)29)21-18-8-4-5-9-19(18)32(30,31)26-21/h1-13,22,28H,14H2/t22-/m0/s1. The summed E-state index contributed by atoms with van der Waals surface area (Å²) >= 11 is 0. The number of sulfonamides is 1. The molecule has 160 valence electrons. The third kappa shape index (κ3) is 3.20. The molecule has 2 heterocycles. The average Bonchev–Trinajstić information content (AvgIpc) is 3.19. The quantitative estimate of drug-likeness (QED) is 0.656. The lowest BCUT2D eigenvalue weighted by Crippen LogP contribution is -2.31. The number of benzene rings is 3. The summed E-state index contributed by atoms with van der Waals surface area (Å²) in [4.78, 5) is 15.0. The monoisotopic (exact) mass is 448 g/mol. The molecule has 6 nitrogen and oxygen atoms in total. The first-order valence-corrected chi connectivity index (χ1v) is 11.3. The number of rotatable bonds is 4. The van der Waals surface area contributed by atoms with Crippen LogP contribution in [-0.4, -0.2) is 30.0 Å². The highest BCUT2D eigenvalue weighted by molar-refractivity contribution is 7.90. The summed E-state index contributed by atoms with van der Waals surface area (Å²) in [5.74, 6) is -1.22. The summed E-state index contributed by atoms with van der Waals surface area (Å²) in [6.07, 6.45) is 0. The fraction of sp³-hybridized carbons (Fsp3) is 0.0833. The Morgan fingerprint density at radius 2 is 1.59 bits per heavy atom. The van der Waals surface area contributed by atoms with E-state index in [4.69, 9.17) is 0 Å². The van der Waals surface area contributed by atoms with Gasteiger partial charge in [-0.05, 0) is 29.3 Å². The lowest BCUT2D eigenvalue weighted by atomic mass is 9.99. The zero-order valence-corrected chi connectivity index (χ0v) is 17.5. The van der Waals surface area contributed by atoms with Gasteiger partial charge in [-0.1, -0.05) is 60.7 Å². The van der Waals surface area contributed by atoms with Gasteiger partial charge in [0.15, 0.2) is 0 Å². The van der Waals surface area contributed by atoms with Crippen LogP contribution in [0.4, 0.5) is 4.39 Å². The predicted molar refractivity (Wildman–Crippen MR) is 116 cm³/mol. The Hall–Kier alpha value is -3.78. The molecule has 0 radical (unpaired) electrons. The first kappa shape index (κ1) is 20.1. The van der Waals surface area contributed by atoms with E-state index in [1.807, 2.05) is 6.07 Å². The van der Waals surface area contributed by atoms with Gasteiger partial charge in [-0.2, -0.15) is 12.8 Å². The highest BCUT2D eigenvalue weighted by Gasteiger charge is 2.45. The maximum atomic E-state index is 13.5. The summed E-state index contributed by atoms with van der Waals surface area (Å²) in [5, 5.41) is 11.2. The smallest absolute Gasteiger partial charge is 0.283 e. The van der Waals surface area contributed by atoms with E-state index in [9.17, 15) is 22.7 Å². The number of fused-ring (bicyclic) bond motifs is 1. The first-order chi connectivity index (χ1) is 15.4. The Morgan fingerprint density at radius 1 is 0.938 bits per heavy atom. The molecule has 1 amide bonds. The van der Waals surface area contributed by atoms with Gasteiger partial charge in [0.05, 0.1) is 4.90 Å². The number of aliphatic hydroxyl groups excluding tert-OH is 1. The molecule has 5 rings (SSSR count). The molecule has 0 fully saturated rings. The normalized spacial score (nSPS) is 19.3. The molecular weight excluding hydrogens is 431 g/mol. The molecule has 1 atom stereocenters. The SMILES string of the molecule is O=C1C(C2=NS(=O)(=O)c3ccccc32)=C(O)[C@H](c2ccccc2)N1Cc1ccc(F)cc1. The number of hydrogen-bond donors (Lipinski definition) is 1. The Morgan fingerprint density at radius 3 is 2.31 bits per heavy atom. The lowest BCUT2D eigenvalue weighted by Gasteiger charge is -2.26. The van der Waals surface area contributed by atoms with E-state index < -0.39 is 27.8 Å². The Balaban J connectivity index is 1.64. The minimum Gasteiger partial charge on any atom is -0.509 e. The topological polar surface area (TPSA) is 87.0 Å². The van der Waals surface area contributed by atoms with E-state index in [0.29, 0.717) is 11.1 Å². The van der Waals surface area contributed by atoms with Crippen molar-refractivity contribution in [2.45, 2.75) is 17.5 Å². The van der Waals surface area contributed by atoms with Gasteiger partial charge in [0.1, 0.15) is 28.9 Å². The largest absolute Gasteiger partial charge is 0.509 e. The van der Waals surface area contributed by atoms with E-state index in [0.717, 1.165) is 0 Å². The van der Waals surface area contributed by atoms with E-state index in [-0.39, 0.29) is 34.0 Å². The van der Waals surface area contributed by atoms with Crippen molar-refractivity contribution in [1.29, 1.82) is 0 Å². The Bertz CT molecular complexity index is 1400. The molecule has 3 aromatic rings. The van der Waals surface area contributed by atoms with Crippen LogP contribution < -0.4 is 0 Å². The molecule has 32 heavy (non-hydrogen) atoms. The van der Waals surface area contributed by atoms with Gasteiger partial charge in [-0.25, -0.2) is 4.39 Å². The van der Waals surface area contributed by atoms with E-state index >= 15 is 0 Å². The van der Waals surface area contributed by atoms with E-state index in [2.05, 4.69) is 4.40 Å². The van der Waals surface area contributed by atoms with Gasteiger partial charge in [0.25, 0.3) is 15.9 Å². The summed E-state index contributed by atoms with van der Waals surface area (Å²) in [6, 6.07) is 20.0. The van der Waals surface area contributed by atoms with Crippen LogP contribution in [-0.2, 0) is 21.4 Å². The number of aliphatic hydroxyl groups is 1. The van der Waals surface area contributed by atoms with Crippen LogP contribution in [0, 0.1) is 5.82 Å². The van der Waals surface area contributed by atoms with Gasteiger partial charge in [0, 0.05) is 12.1 Å². The fourth-order valence-electron chi connectivity index (χ4n) is 4.09. The molecule has 0 unspecified atom stereocenters. The highest BCUT2D eigenvalue weighted by Crippen LogP contribution is 2.41. The molecule has 3 aromatic carbocycles. The lowest BCUT2D eigenvalue weighted by molar-refractivity contribution is -0.127. The van der Waals surface area contributed by atoms with Crippen molar-refractivity contribution in [3.63, 3.8) is 0 Å². The van der Waals surface area contributed by atoms with Crippen LogP contribution in [0.5, 0.6) is 0 Å². The van der Waals surface area contributed by atoms with Crippen molar-refractivity contribution in [3.05, 3.63) is 113 Å². The maximum Gasteiger partial charge on any atom is 0.283 e. The van der Waals surface area contributed by atoms with Crippen LogP contribution in [0.15, 0.2) is 99.5 Å². The summed E-state index contributed by atoms with van der Waals surface area (Å²) in [7, 11) is -3.97. The van der Waals surface area contributed by atoms with Crippen LogP contribution in [0.2, 0.25) is 0 Å². The molecule has 0 spiro atoms. The molecule has 2 aliphatic heterocycles. The minimum absolute atomic E-state index is 0.00338. The van der Waals surface area contributed by atoms with Gasteiger partial charge >= 0.3 is 0 Å². The van der Waals surface area contributed by atoms with Crippen LogP contribution in [0.3, 0.4) is 0 Å². The molecule has 8 heteroatoms. The Labute approximate surface area is 184 Å². The minimum atomic E-state index is -3.97. The van der Waals surface area contributed by atoms with Crippen molar-refractivity contribution in [3.8, 4) is 0 Å². The number of hydrogen-bond acceptors (Lipinski definition) is 4. The predicted octanol–water partition coefficient (Wildman–Crippen LogP) is 3.91. The second-order valence-corrected chi connectivity index (χ2v) is 9.12. The van der Waals surface area contributed by atoms with Gasteiger partial charge in [-0.3, -0.25) is 4.79 Å². The number of nitrogens with zero attached hydrogens (tertiary/aromatic N) is 2. The van der Waals surface area contributed by atoms with Crippen molar-refractivity contribution in [2.75, 3.05) is 0 Å². The number of carbonyl (C=O) groups excluding carboxylic acids is 1. The summed E-state index contributed by atoms with van der Waals surface area (Å²) in [6.45, 7) is 0.0912. The van der Waals surface area contributed by atoms with E-state index in [1.165, 1.54) is 23.1 Å². The molecule has 0 aliphatic carbocycles. The van der Waals surface area contributed by atoms with Gasteiger partial charge in [-0.15, -0.1) is 0 Å². The third-order valence-corrected chi connectivity index (χ3v) is 6.89. The highest BCUT2D eigenvalue weighted by atomic mass is 32.2. The number of halogens is 1. The average molecular weight is 448 g/mol. The van der Waals surface area contributed by atoms with Crippen molar-refractivity contribution < 1.29 is 22.7 Å². The summed E-state index contributed by atoms with van der Waals surface area (Å²) < 4.78 is 42.3. The van der Waals surface area contributed by atoms with Crippen molar-refractivity contribution in [1.82, 2.24) is 4.90 Å². The number of carbonyl (C=O) groups is 1.